The molecule has 1 rings (SSSR count). The van der Waals surface area contributed by atoms with Crippen LogP contribution in [0.3, 0.4) is 0 Å². The van der Waals surface area contributed by atoms with Gasteiger partial charge in [-0.15, -0.1) is 0 Å². The van der Waals surface area contributed by atoms with E-state index in [4.69, 9.17) is 9.84 Å². The summed E-state index contributed by atoms with van der Waals surface area (Å²) in [6.45, 7) is 1.75. The molecule has 0 aromatic heterocycles. The van der Waals surface area contributed by atoms with Crippen LogP contribution in [0.25, 0.3) is 0 Å². The van der Waals surface area contributed by atoms with Crippen LogP contribution in [0, 0.1) is 10.1 Å². The van der Waals surface area contributed by atoms with Gasteiger partial charge in [0.1, 0.15) is 0 Å². The number of hydrogen-bond acceptors (Lipinski definition) is 5. The minimum absolute atomic E-state index is 0.00180. The molecular weight excluding hydrogens is 304 g/mol. The highest BCUT2D eigenvalue weighted by Gasteiger charge is 2.13. The maximum atomic E-state index is 10.9. The third-order valence-corrected chi connectivity index (χ3v) is 2.71. The number of hydrogen-bond donors (Lipinski definition) is 2. The van der Waals surface area contributed by atoms with Gasteiger partial charge in [0.05, 0.1) is 24.7 Å². The summed E-state index contributed by atoms with van der Waals surface area (Å²) in [5.41, 5.74) is 0.721. The molecule has 0 heterocycles. The maximum Gasteiger partial charge on any atom is 0.275 e. The Balaban J connectivity index is 2.44. The molecule has 1 aromatic rings. The van der Waals surface area contributed by atoms with Crippen molar-refractivity contribution in [2.75, 3.05) is 26.4 Å². The van der Waals surface area contributed by atoms with Crippen molar-refractivity contribution < 1.29 is 14.8 Å². The molecule has 0 saturated carbocycles. The number of nitrogens with one attached hydrogen (secondary N) is 1. The summed E-state index contributed by atoms with van der Waals surface area (Å²) in [5, 5.41) is 22.4. The molecule has 0 radical (unpaired) electrons. The minimum atomic E-state index is -0.399. The predicted octanol–water partition coefficient (Wildman–Crippen LogP) is 1.46. The standard InChI is InChI=1S/C11H15BrN2O4/c12-10-2-1-9(11(7-10)14(16)17)8-13-3-5-18-6-4-15/h1-2,7,13,15H,3-6,8H2. The first kappa shape index (κ1) is 15.0. The Bertz CT molecular complexity index is 401. The van der Waals surface area contributed by atoms with E-state index in [9.17, 15) is 10.1 Å². The lowest BCUT2D eigenvalue weighted by Gasteiger charge is -2.06. The largest absolute Gasteiger partial charge is 0.394 e. The first-order valence-corrected chi connectivity index (χ1v) is 6.26. The fourth-order valence-corrected chi connectivity index (χ4v) is 1.74. The summed E-state index contributed by atoms with van der Waals surface area (Å²) >= 11 is 3.21. The van der Waals surface area contributed by atoms with Gasteiger partial charge in [-0.05, 0) is 12.1 Å². The Morgan fingerprint density at radius 3 is 2.89 bits per heavy atom. The SMILES string of the molecule is O=[N+]([O-])c1cc(Br)ccc1CNCCOCCO. The molecule has 0 bridgehead atoms. The van der Waals surface area contributed by atoms with Crippen molar-refractivity contribution in [1.82, 2.24) is 5.32 Å². The molecule has 100 valence electrons. The molecule has 0 atom stereocenters. The number of benzene rings is 1. The van der Waals surface area contributed by atoms with Crippen LogP contribution < -0.4 is 5.32 Å². The van der Waals surface area contributed by atoms with E-state index >= 15 is 0 Å². The van der Waals surface area contributed by atoms with Gasteiger partial charge < -0.3 is 15.2 Å². The van der Waals surface area contributed by atoms with Crippen LogP contribution in [-0.2, 0) is 11.3 Å². The van der Waals surface area contributed by atoms with Crippen LogP contribution in [0.4, 0.5) is 5.69 Å². The highest BCUT2D eigenvalue weighted by atomic mass is 79.9. The van der Waals surface area contributed by atoms with Crippen LogP contribution in [0.1, 0.15) is 5.56 Å². The van der Waals surface area contributed by atoms with Crippen LogP contribution >= 0.6 is 15.9 Å². The van der Waals surface area contributed by atoms with Crippen molar-refractivity contribution in [3.05, 3.63) is 38.3 Å². The van der Waals surface area contributed by atoms with E-state index in [1.165, 1.54) is 6.07 Å². The van der Waals surface area contributed by atoms with Crippen LogP contribution in [0.2, 0.25) is 0 Å². The Kier molecular flexibility index (Phi) is 6.81. The second kappa shape index (κ2) is 8.15. The molecule has 0 aliphatic carbocycles. The molecule has 0 unspecified atom stereocenters. The van der Waals surface area contributed by atoms with E-state index in [1.807, 2.05) is 0 Å². The summed E-state index contributed by atoms with van der Waals surface area (Å²) in [6.07, 6.45) is 0. The Hall–Kier alpha value is -1.02. The van der Waals surface area contributed by atoms with E-state index in [0.717, 1.165) is 0 Å². The topological polar surface area (TPSA) is 84.6 Å². The van der Waals surface area contributed by atoms with E-state index in [0.29, 0.717) is 36.3 Å². The number of nitrogens with zero attached hydrogens (tertiary/aromatic N) is 1. The number of ether oxygens (including phenoxy) is 1. The van der Waals surface area contributed by atoms with E-state index < -0.39 is 4.92 Å². The number of nitro benzene ring substituents is 1. The Morgan fingerprint density at radius 1 is 1.44 bits per heavy atom. The molecule has 18 heavy (non-hydrogen) atoms. The number of aliphatic hydroxyl groups is 1. The number of aliphatic hydroxyl groups excluding tert-OH is 1. The van der Waals surface area contributed by atoms with Gasteiger partial charge in [-0.1, -0.05) is 15.9 Å². The zero-order valence-electron chi connectivity index (χ0n) is 9.76. The van der Waals surface area contributed by atoms with Gasteiger partial charge in [0.15, 0.2) is 0 Å². The average molecular weight is 319 g/mol. The number of rotatable bonds is 8. The number of halogens is 1. The lowest BCUT2D eigenvalue weighted by atomic mass is 10.2. The quantitative estimate of drug-likeness (QED) is 0.430. The predicted molar refractivity (Wildman–Crippen MR) is 70.4 cm³/mol. The summed E-state index contributed by atoms with van der Waals surface area (Å²) in [4.78, 5) is 10.5. The molecule has 0 amide bonds. The van der Waals surface area contributed by atoms with Crippen LogP contribution in [0.15, 0.2) is 22.7 Å². The normalized spacial score (nSPS) is 10.6. The van der Waals surface area contributed by atoms with Gasteiger partial charge in [0.2, 0.25) is 0 Å². The maximum absolute atomic E-state index is 10.9. The smallest absolute Gasteiger partial charge is 0.275 e. The third kappa shape index (κ3) is 5.09. The highest BCUT2D eigenvalue weighted by Crippen LogP contribution is 2.23. The van der Waals surface area contributed by atoms with Gasteiger partial charge in [0, 0.05) is 29.2 Å². The molecule has 0 aliphatic rings. The fourth-order valence-electron chi connectivity index (χ4n) is 1.39. The lowest BCUT2D eigenvalue weighted by Crippen LogP contribution is -2.20. The van der Waals surface area contributed by atoms with Gasteiger partial charge in [-0.3, -0.25) is 10.1 Å². The fraction of sp³-hybridized carbons (Fsp3) is 0.455. The third-order valence-electron chi connectivity index (χ3n) is 2.22. The number of nitro groups is 1. The molecule has 0 fully saturated rings. The first-order chi connectivity index (χ1) is 8.65. The monoisotopic (exact) mass is 318 g/mol. The second-order valence-corrected chi connectivity index (χ2v) is 4.46. The van der Waals surface area contributed by atoms with Crippen molar-refractivity contribution >= 4 is 21.6 Å². The van der Waals surface area contributed by atoms with Crippen molar-refractivity contribution in [2.45, 2.75) is 6.54 Å². The van der Waals surface area contributed by atoms with Crippen LogP contribution in [-0.4, -0.2) is 36.4 Å². The Morgan fingerprint density at radius 2 is 2.22 bits per heavy atom. The molecule has 1 aromatic carbocycles. The molecule has 0 spiro atoms. The lowest BCUT2D eigenvalue weighted by molar-refractivity contribution is -0.385. The zero-order valence-corrected chi connectivity index (χ0v) is 11.4. The van der Waals surface area contributed by atoms with Crippen molar-refractivity contribution in [1.29, 1.82) is 0 Å². The average Bonchev–Trinajstić information content (AvgIpc) is 2.35. The zero-order chi connectivity index (χ0) is 13.4. The van der Waals surface area contributed by atoms with Gasteiger partial charge in [-0.25, -0.2) is 0 Å². The van der Waals surface area contributed by atoms with E-state index in [1.54, 1.807) is 12.1 Å². The summed E-state index contributed by atoms with van der Waals surface area (Å²) < 4.78 is 5.75. The summed E-state index contributed by atoms with van der Waals surface area (Å²) in [6, 6.07) is 4.97. The van der Waals surface area contributed by atoms with Gasteiger partial charge >= 0.3 is 0 Å². The van der Waals surface area contributed by atoms with Gasteiger partial charge in [0.25, 0.3) is 5.69 Å². The molecule has 0 saturated heterocycles. The molecule has 0 aliphatic heterocycles. The molecule has 6 nitrogen and oxygen atoms in total. The summed E-state index contributed by atoms with van der Waals surface area (Å²) in [7, 11) is 0. The van der Waals surface area contributed by atoms with E-state index in [2.05, 4.69) is 21.2 Å². The van der Waals surface area contributed by atoms with E-state index in [-0.39, 0.29) is 12.3 Å². The molecule has 2 N–H and O–H groups in total. The van der Waals surface area contributed by atoms with Gasteiger partial charge in [-0.2, -0.15) is 0 Å². The van der Waals surface area contributed by atoms with Crippen molar-refractivity contribution in [2.24, 2.45) is 0 Å². The van der Waals surface area contributed by atoms with Crippen molar-refractivity contribution in [3.63, 3.8) is 0 Å². The van der Waals surface area contributed by atoms with Crippen molar-refractivity contribution in [3.8, 4) is 0 Å². The molecule has 7 heteroatoms. The molecular formula is C11H15BrN2O4. The first-order valence-electron chi connectivity index (χ1n) is 5.47. The highest BCUT2D eigenvalue weighted by molar-refractivity contribution is 9.10. The summed E-state index contributed by atoms with van der Waals surface area (Å²) in [5.74, 6) is 0. The van der Waals surface area contributed by atoms with Crippen LogP contribution in [0.5, 0.6) is 0 Å². The second-order valence-electron chi connectivity index (χ2n) is 3.54. The Labute approximate surface area is 113 Å². The minimum Gasteiger partial charge on any atom is -0.394 e.